The molecule has 0 atom stereocenters. The second-order valence-corrected chi connectivity index (χ2v) is 5.67. The van der Waals surface area contributed by atoms with Gasteiger partial charge in [0.25, 0.3) is 11.8 Å². The Labute approximate surface area is 138 Å². The molecule has 3 rings (SSSR count). The van der Waals surface area contributed by atoms with E-state index in [9.17, 15) is 9.59 Å². The zero-order chi connectivity index (χ0) is 16.2. The van der Waals surface area contributed by atoms with Crippen molar-refractivity contribution in [1.29, 1.82) is 0 Å². The number of rotatable bonds is 3. The van der Waals surface area contributed by atoms with E-state index in [-0.39, 0.29) is 11.8 Å². The molecular formula is C16H17ClN4O2. The lowest BCUT2D eigenvalue weighted by Crippen LogP contribution is -2.42. The lowest BCUT2D eigenvalue weighted by atomic mass is 10.0. The van der Waals surface area contributed by atoms with Crippen LogP contribution in [0.3, 0.4) is 0 Å². The van der Waals surface area contributed by atoms with Gasteiger partial charge in [-0.25, -0.2) is 4.98 Å². The van der Waals surface area contributed by atoms with Crippen LogP contribution >= 0.6 is 11.6 Å². The molecule has 120 valence electrons. The Hall–Kier alpha value is -2.34. The summed E-state index contributed by atoms with van der Waals surface area (Å²) < 4.78 is 2.07. The largest absolute Gasteiger partial charge is 0.303 e. The van der Waals surface area contributed by atoms with Gasteiger partial charge in [-0.3, -0.25) is 20.4 Å². The minimum Gasteiger partial charge on any atom is -0.303 e. The first-order valence-electron chi connectivity index (χ1n) is 7.49. The molecule has 2 amide bonds. The fraction of sp³-hybridized carbons (Fsp3) is 0.312. The molecule has 0 radical (unpaired) electrons. The Morgan fingerprint density at radius 2 is 1.87 bits per heavy atom. The van der Waals surface area contributed by atoms with Crippen LogP contribution < -0.4 is 10.9 Å². The summed E-state index contributed by atoms with van der Waals surface area (Å²) in [4.78, 5) is 27.4. The number of halogens is 1. The number of hydrazine groups is 1. The van der Waals surface area contributed by atoms with E-state index in [4.69, 9.17) is 11.6 Å². The molecule has 0 aliphatic heterocycles. The second kappa shape index (κ2) is 6.83. The lowest BCUT2D eigenvalue weighted by Gasteiger charge is -2.14. The van der Waals surface area contributed by atoms with Crippen molar-refractivity contribution in [2.45, 2.75) is 25.7 Å². The molecule has 7 heteroatoms. The number of aryl methyl sites for hydroxylation is 1. The predicted octanol–water partition coefficient (Wildman–Crippen LogP) is 1.75. The first kappa shape index (κ1) is 15.6. The van der Waals surface area contributed by atoms with Crippen molar-refractivity contribution in [3.63, 3.8) is 0 Å². The van der Waals surface area contributed by atoms with Crippen molar-refractivity contribution >= 4 is 23.4 Å². The molecule has 1 aromatic carbocycles. The van der Waals surface area contributed by atoms with Crippen molar-refractivity contribution in [1.82, 2.24) is 20.4 Å². The Balaban J connectivity index is 1.73. The van der Waals surface area contributed by atoms with Crippen molar-refractivity contribution in [3.8, 4) is 5.69 Å². The van der Waals surface area contributed by atoms with Crippen molar-refractivity contribution in [3.05, 3.63) is 47.5 Å². The van der Waals surface area contributed by atoms with Gasteiger partial charge in [0.05, 0.1) is 12.0 Å². The fourth-order valence-electron chi connectivity index (χ4n) is 2.70. The lowest BCUT2D eigenvalue weighted by molar-refractivity contribution is -0.119. The summed E-state index contributed by atoms with van der Waals surface area (Å²) in [6.45, 7) is 0. The van der Waals surface area contributed by atoms with Gasteiger partial charge in [-0.05, 0) is 49.9 Å². The number of nitrogens with zero attached hydrogens (tertiary/aromatic N) is 2. The molecule has 2 aromatic rings. The Morgan fingerprint density at radius 3 is 2.61 bits per heavy atom. The Kier molecular flexibility index (Phi) is 4.62. The van der Waals surface area contributed by atoms with Gasteiger partial charge in [-0.1, -0.05) is 0 Å². The highest BCUT2D eigenvalue weighted by Gasteiger charge is 2.16. The van der Waals surface area contributed by atoms with Gasteiger partial charge in [-0.2, -0.15) is 0 Å². The average Bonchev–Trinajstić information content (AvgIpc) is 3.03. The monoisotopic (exact) mass is 332 g/mol. The fourth-order valence-corrected chi connectivity index (χ4v) is 2.76. The number of benzene rings is 1. The number of carbonyl (C=O) groups is 2. The number of alkyl halides is 1. The van der Waals surface area contributed by atoms with Crippen molar-refractivity contribution in [2.24, 2.45) is 0 Å². The molecule has 0 saturated carbocycles. The molecule has 0 bridgehead atoms. The maximum absolute atomic E-state index is 11.9. The molecule has 6 nitrogen and oxygen atoms in total. The Morgan fingerprint density at radius 1 is 1.13 bits per heavy atom. The van der Waals surface area contributed by atoms with Gasteiger partial charge < -0.3 is 4.57 Å². The van der Waals surface area contributed by atoms with E-state index in [1.165, 1.54) is 24.2 Å². The minimum absolute atomic E-state index is 0.203. The third-order valence-electron chi connectivity index (χ3n) is 3.87. The molecule has 1 aliphatic carbocycles. The summed E-state index contributed by atoms with van der Waals surface area (Å²) in [6.07, 6.45) is 6.27. The van der Waals surface area contributed by atoms with Crippen molar-refractivity contribution in [2.75, 3.05) is 5.88 Å². The zero-order valence-corrected chi connectivity index (χ0v) is 13.3. The van der Waals surface area contributed by atoms with E-state index in [1.807, 2.05) is 18.5 Å². The van der Waals surface area contributed by atoms with Crippen LogP contribution in [0.2, 0.25) is 0 Å². The summed E-state index contributed by atoms with van der Waals surface area (Å²) in [5, 5.41) is 0. The van der Waals surface area contributed by atoms with Crippen LogP contribution in [0.1, 0.15) is 34.6 Å². The van der Waals surface area contributed by atoms with E-state index in [1.54, 1.807) is 12.1 Å². The first-order valence-corrected chi connectivity index (χ1v) is 8.03. The van der Waals surface area contributed by atoms with Crippen LogP contribution in [-0.4, -0.2) is 27.2 Å². The van der Waals surface area contributed by atoms with Crippen LogP contribution in [0.5, 0.6) is 0 Å². The summed E-state index contributed by atoms with van der Waals surface area (Å²) in [5.74, 6) is -1.05. The summed E-state index contributed by atoms with van der Waals surface area (Å²) in [6, 6.07) is 7.17. The number of carbonyl (C=O) groups excluding carboxylic acids is 2. The zero-order valence-electron chi connectivity index (χ0n) is 12.5. The minimum atomic E-state index is -0.457. The van der Waals surface area contributed by atoms with Crippen molar-refractivity contribution < 1.29 is 9.59 Å². The molecule has 23 heavy (non-hydrogen) atoms. The maximum Gasteiger partial charge on any atom is 0.269 e. The standard InChI is InChI=1S/C16H17ClN4O2/c17-9-15(22)19-20-16(23)11-5-7-12(8-6-11)21-10-18-13-3-1-2-4-14(13)21/h5-8,10H,1-4,9H2,(H,19,22)(H,20,23). The number of hydrogen-bond acceptors (Lipinski definition) is 3. The smallest absolute Gasteiger partial charge is 0.269 e. The van der Waals surface area contributed by atoms with Crippen LogP contribution in [0.15, 0.2) is 30.6 Å². The number of imidazole rings is 1. The highest BCUT2D eigenvalue weighted by molar-refractivity contribution is 6.27. The van der Waals surface area contributed by atoms with Crippen LogP contribution in [0.4, 0.5) is 0 Å². The summed E-state index contributed by atoms with van der Waals surface area (Å²) >= 11 is 5.35. The van der Waals surface area contributed by atoms with E-state index in [2.05, 4.69) is 20.4 Å². The topological polar surface area (TPSA) is 76.0 Å². The maximum atomic E-state index is 11.9. The molecule has 1 heterocycles. The van der Waals surface area contributed by atoms with Crippen LogP contribution in [-0.2, 0) is 17.6 Å². The highest BCUT2D eigenvalue weighted by Crippen LogP contribution is 2.23. The van der Waals surface area contributed by atoms with Gasteiger partial charge in [0.1, 0.15) is 5.88 Å². The first-order chi connectivity index (χ1) is 11.2. The predicted molar refractivity (Wildman–Crippen MR) is 86.5 cm³/mol. The number of hydrogen-bond donors (Lipinski definition) is 2. The number of fused-ring (bicyclic) bond motifs is 1. The van der Waals surface area contributed by atoms with Crippen LogP contribution in [0, 0.1) is 0 Å². The molecule has 1 aliphatic rings. The molecular weight excluding hydrogens is 316 g/mol. The van der Waals surface area contributed by atoms with E-state index in [0.29, 0.717) is 5.56 Å². The summed E-state index contributed by atoms with van der Waals surface area (Å²) in [7, 11) is 0. The third-order valence-corrected chi connectivity index (χ3v) is 4.12. The van der Waals surface area contributed by atoms with Gasteiger partial charge in [0.15, 0.2) is 0 Å². The molecule has 2 N–H and O–H groups in total. The van der Waals surface area contributed by atoms with Gasteiger partial charge >= 0.3 is 0 Å². The van der Waals surface area contributed by atoms with E-state index in [0.717, 1.165) is 18.5 Å². The third kappa shape index (κ3) is 3.37. The molecule has 0 fully saturated rings. The Bertz CT molecular complexity index is 724. The second-order valence-electron chi connectivity index (χ2n) is 5.40. The van der Waals surface area contributed by atoms with E-state index >= 15 is 0 Å². The number of amides is 2. The average molecular weight is 333 g/mol. The number of aromatic nitrogens is 2. The SMILES string of the molecule is O=C(CCl)NNC(=O)c1ccc(-n2cnc3c2CCCC3)cc1. The quantitative estimate of drug-likeness (QED) is 0.664. The van der Waals surface area contributed by atoms with Gasteiger partial charge in [0.2, 0.25) is 0 Å². The van der Waals surface area contributed by atoms with E-state index < -0.39 is 5.91 Å². The molecule has 0 saturated heterocycles. The normalized spacial score (nSPS) is 13.3. The van der Waals surface area contributed by atoms with Gasteiger partial charge in [0, 0.05) is 16.9 Å². The van der Waals surface area contributed by atoms with Gasteiger partial charge in [-0.15, -0.1) is 11.6 Å². The molecule has 0 unspecified atom stereocenters. The van der Waals surface area contributed by atoms with Crippen LogP contribution in [0.25, 0.3) is 5.69 Å². The highest BCUT2D eigenvalue weighted by atomic mass is 35.5. The number of nitrogens with one attached hydrogen (secondary N) is 2. The summed E-state index contributed by atoms with van der Waals surface area (Å²) in [5.41, 5.74) is 8.39. The molecule has 1 aromatic heterocycles. The molecule has 0 spiro atoms.